The van der Waals surface area contributed by atoms with Gasteiger partial charge in [-0.25, -0.2) is 4.98 Å². The number of benzene rings is 2. The average molecular weight is 506 g/mol. The van der Waals surface area contributed by atoms with Crippen LogP contribution < -0.4 is 0 Å². The number of aromatic nitrogens is 3. The molecule has 180 valence electrons. The van der Waals surface area contributed by atoms with Gasteiger partial charge in [0.1, 0.15) is 0 Å². The fourth-order valence-corrected chi connectivity index (χ4v) is 4.80. The number of imidazole rings is 1. The molecule has 0 atom stereocenters. The van der Waals surface area contributed by atoms with Crippen molar-refractivity contribution in [1.29, 1.82) is 5.26 Å². The van der Waals surface area contributed by atoms with Gasteiger partial charge in [0, 0.05) is 29.6 Å². The van der Waals surface area contributed by atoms with Crippen LogP contribution in [0.3, 0.4) is 0 Å². The normalized spacial score (nSPS) is 13.4. The van der Waals surface area contributed by atoms with Crippen molar-refractivity contribution < 1.29 is 18.0 Å². The monoisotopic (exact) mass is 505 g/mol. The van der Waals surface area contributed by atoms with Crippen LogP contribution in [0.25, 0.3) is 22.5 Å². The highest BCUT2D eigenvalue weighted by molar-refractivity contribution is 7.71. The molecular weight excluding hydrogens is 487 g/mol. The molecule has 0 saturated heterocycles. The summed E-state index contributed by atoms with van der Waals surface area (Å²) in [6, 6.07) is 12.0. The maximum atomic E-state index is 13.7. The second-order valence-corrected chi connectivity index (χ2v) is 8.79. The maximum absolute atomic E-state index is 13.7. The summed E-state index contributed by atoms with van der Waals surface area (Å²) in [5.74, 6) is -0.0503. The Labute approximate surface area is 209 Å². The minimum absolute atomic E-state index is 0.0503. The number of pyridine rings is 1. The second kappa shape index (κ2) is 8.53. The summed E-state index contributed by atoms with van der Waals surface area (Å²) in [6.45, 7) is 3.80. The Bertz CT molecular complexity index is 1710. The molecule has 0 N–H and O–H groups in total. The number of carbonyl (C=O) groups excluding carboxylic acids is 1. The van der Waals surface area contributed by atoms with Crippen molar-refractivity contribution in [2.45, 2.75) is 32.9 Å². The van der Waals surface area contributed by atoms with Crippen molar-refractivity contribution in [3.05, 3.63) is 75.7 Å². The molecule has 0 unspecified atom stereocenters. The zero-order valence-corrected chi connectivity index (χ0v) is 20.0. The number of Topliss-reactive ketones (excluding diaryl/α,β-unsaturated/α-hetero) is 1. The molecule has 2 aromatic carbocycles. The third kappa shape index (κ3) is 3.72. The number of rotatable bonds is 3. The predicted octanol–water partition coefficient (Wildman–Crippen LogP) is 6.81. The SMILES string of the molecule is CCC1=Nc2ccc(-n3c(=S)n(-c4ccc(C#N)c(C(F)(F)F)c4)c4nccc(C)c43)cc2C(=O)C1. The van der Waals surface area contributed by atoms with Crippen LogP contribution in [0.1, 0.15) is 46.8 Å². The standard InChI is InChI=1S/C26H18F3N5OS/c1-3-16-10-22(35)19-11-17(6-7-21(19)32-16)33-23-14(2)8-9-31-24(23)34(25(33)36)18-5-4-15(13-30)20(12-18)26(27,28)29/h4-9,11-12H,3,10H2,1-2H3. The van der Waals surface area contributed by atoms with Crippen molar-refractivity contribution in [1.82, 2.24) is 14.1 Å². The molecule has 0 bridgehead atoms. The molecule has 1 aliphatic heterocycles. The van der Waals surface area contributed by atoms with Gasteiger partial charge in [-0.05, 0) is 73.6 Å². The Morgan fingerprint density at radius 3 is 2.53 bits per heavy atom. The highest BCUT2D eigenvalue weighted by Gasteiger charge is 2.34. The van der Waals surface area contributed by atoms with Gasteiger partial charge in [0.25, 0.3) is 0 Å². The fourth-order valence-electron chi connectivity index (χ4n) is 4.42. The van der Waals surface area contributed by atoms with Crippen molar-refractivity contribution in [2.75, 3.05) is 0 Å². The number of ketones is 1. The summed E-state index contributed by atoms with van der Waals surface area (Å²) in [5.41, 5.74) is 2.78. The molecule has 0 saturated carbocycles. The van der Waals surface area contributed by atoms with Gasteiger partial charge in [0.2, 0.25) is 0 Å². The number of aryl methyl sites for hydroxylation is 1. The Morgan fingerprint density at radius 2 is 1.83 bits per heavy atom. The summed E-state index contributed by atoms with van der Waals surface area (Å²) in [6.07, 6.45) is -2.24. The number of fused-ring (bicyclic) bond motifs is 2. The van der Waals surface area contributed by atoms with Gasteiger partial charge < -0.3 is 0 Å². The number of hydrogen-bond donors (Lipinski definition) is 0. The Morgan fingerprint density at radius 1 is 1.11 bits per heavy atom. The van der Waals surface area contributed by atoms with Crippen LogP contribution in [0.2, 0.25) is 0 Å². The van der Waals surface area contributed by atoms with Gasteiger partial charge in [-0.3, -0.25) is 18.9 Å². The highest BCUT2D eigenvalue weighted by atomic mass is 32.1. The Kier molecular flexibility index (Phi) is 5.60. The summed E-state index contributed by atoms with van der Waals surface area (Å²) in [7, 11) is 0. The number of nitriles is 1. The zero-order chi connectivity index (χ0) is 25.8. The first-order valence-electron chi connectivity index (χ1n) is 11.1. The van der Waals surface area contributed by atoms with E-state index in [4.69, 9.17) is 12.2 Å². The van der Waals surface area contributed by atoms with Gasteiger partial charge in [-0.2, -0.15) is 18.4 Å². The number of aliphatic imine (C=N–C) groups is 1. The van der Waals surface area contributed by atoms with Crippen molar-refractivity contribution in [2.24, 2.45) is 4.99 Å². The first kappa shape index (κ1) is 23.6. The van der Waals surface area contributed by atoms with E-state index in [-0.39, 0.29) is 22.7 Å². The van der Waals surface area contributed by atoms with Gasteiger partial charge in [0.05, 0.1) is 34.1 Å². The molecule has 0 spiro atoms. The lowest BCUT2D eigenvalue weighted by Gasteiger charge is -2.15. The molecular formula is C26H18F3N5OS. The van der Waals surface area contributed by atoms with Crippen LogP contribution in [-0.4, -0.2) is 25.6 Å². The fraction of sp³-hybridized carbons (Fsp3) is 0.192. The van der Waals surface area contributed by atoms with E-state index in [2.05, 4.69) is 9.98 Å². The van der Waals surface area contributed by atoms with Crippen molar-refractivity contribution in [3.8, 4) is 17.4 Å². The molecule has 0 radical (unpaired) electrons. The van der Waals surface area contributed by atoms with E-state index in [1.807, 2.05) is 13.8 Å². The molecule has 0 amide bonds. The van der Waals surface area contributed by atoms with Crippen LogP contribution in [0.5, 0.6) is 0 Å². The van der Waals surface area contributed by atoms with E-state index in [1.54, 1.807) is 41.1 Å². The van der Waals surface area contributed by atoms with E-state index < -0.39 is 17.3 Å². The lowest BCUT2D eigenvalue weighted by Crippen LogP contribution is -2.13. The van der Waals surface area contributed by atoms with Crippen molar-refractivity contribution >= 4 is 40.6 Å². The molecule has 10 heteroatoms. The number of halogens is 3. The predicted molar refractivity (Wildman–Crippen MR) is 132 cm³/mol. The first-order valence-corrected chi connectivity index (χ1v) is 11.5. The van der Waals surface area contributed by atoms with E-state index >= 15 is 0 Å². The quantitative estimate of drug-likeness (QED) is 0.287. The third-order valence-corrected chi connectivity index (χ3v) is 6.57. The van der Waals surface area contributed by atoms with E-state index in [9.17, 15) is 23.2 Å². The highest BCUT2D eigenvalue weighted by Crippen LogP contribution is 2.36. The van der Waals surface area contributed by atoms with Crippen LogP contribution in [0.15, 0.2) is 53.7 Å². The van der Waals surface area contributed by atoms with E-state index in [0.717, 1.165) is 23.4 Å². The molecule has 4 aromatic rings. The van der Waals surface area contributed by atoms with Crippen LogP contribution >= 0.6 is 12.2 Å². The largest absolute Gasteiger partial charge is 0.417 e. The lowest BCUT2D eigenvalue weighted by molar-refractivity contribution is -0.137. The van der Waals surface area contributed by atoms with Gasteiger partial charge in [-0.15, -0.1) is 0 Å². The smallest absolute Gasteiger partial charge is 0.294 e. The second-order valence-electron chi connectivity index (χ2n) is 8.43. The zero-order valence-electron chi connectivity index (χ0n) is 19.2. The molecule has 1 aliphatic rings. The molecule has 36 heavy (non-hydrogen) atoms. The number of carbonyl (C=O) groups is 1. The van der Waals surface area contributed by atoms with Gasteiger partial charge >= 0.3 is 6.18 Å². The summed E-state index contributed by atoms with van der Waals surface area (Å²) in [5, 5.41) is 9.18. The number of nitrogens with zero attached hydrogens (tertiary/aromatic N) is 5. The van der Waals surface area contributed by atoms with Crippen LogP contribution in [0, 0.1) is 23.0 Å². The molecule has 5 rings (SSSR count). The lowest BCUT2D eigenvalue weighted by atomic mass is 9.98. The van der Waals surface area contributed by atoms with Crippen LogP contribution in [-0.2, 0) is 6.18 Å². The molecule has 3 heterocycles. The Hall–Kier alpha value is -4.10. The first-order chi connectivity index (χ1) is 17.1. The Balaban J connectivity index is 1.79. The van der Waals surface area contributed by atoms with E-state index in [1.165, 1.54) is 10.6 Å². The minimum atomic E-state index is -4.72. The molecule has 6 nitrogen and oxygen atoms in total. The van der Waals surface area contributed by atoms with Crippen LogP contribution in [0.4, 0.5) is 18.9 Å². The van der Waals surface area contributed by atoms with E-state index in [0.29, 0.717) is 34.5 Å². The molecule has 2 aromatic heterocycles. The minimum Gasteiger partial charge on any atom is -0.294 e. The third-order valence-electron chi connectivity index (χ3n) is 6.20. The van der Waals surface area contributed by atoms with Gasteiger partial charge in [-0.1, -0.05) is 6.92 Å². The molecule has 0 aliphatic carbocycles. The van der Waals surface area contributed by atoms with Gasteiger partial charge in [0.15, 0.2) is 16.2 Å². The topological polar surface area (TPSA) is 76.0 Å². The molecule has 0 fully saturated rings. The van der Waals surface area contributed by atoms with Crippen molar-refractivity contribution in [3.63, 3.8) is 0 Å². The average Bonchev–Trinajstić information content (AvgIpc) is 3.15. The summed E-state index contributed by atoms with van der Waals surface area (Å²) >= 11 is 5.76. The number of alkyl halides is 3. The summed E-state index contributed by atoms with van der Waals surface area (Å²) < 4.78 is 44.4. The summed E-state index contributed by atoms with van der Waals surface area (Å²) in [4.78, 5) is 21.8. The number of hydrogen-bond acceptors (Lipinski definition) is 5. The maximum Gasteiger partial charge on any atom is 0.417 e.